The van der Waals surface area contributed by atoms with Crippen molar-refractivity contribution in [2.45, 2.75) is 26.7 Å². The van der Waals surface area contributed by atoms with Crippen molar-refractivity contribution in [2.75, 3.05) is 38.7 Å². The highest BCUT2D eigenvalue weighted by Gasteiger charge is 2.30. The van der Waals surface area contributed by atoms with Crippen LogP contribution in [0, 0.1) is 12.8 Å². The Labute approximate surface area is 176 Å². The number of quaternary nitrogens is 1. The number of amides is 1. The third kappa shape index (κ3) is 4.33. The maximum atomic E-state index is 12.8. The lowest BCUT2D eigenvalue weighted by Gasteiger charge is -2.27. The Morgan fingerprint density at radius 3 is 2.57 bits per heavy atom. The van der Waals surface area contributed by atoms with Gasteiger partial charge in [-0.1, -0.05) is 12.1 Å². The molecule has 0 unspecified atom stereocenters. The van der Waals surface area contributed by atoms with E-state index in [0.717, 1.165) is 34.5 Å². The Morgan fingerprint density at radius 1 is 1.23 bits per heavy atom. The number of carbonyl (C=O) groups is 3. The Hall–Kier alpha value is -2.87. The summed E-state index contributed by atoms with van der Waals surface area (Å²) in [6.07, 6.45) is 1.42. The molecule has 0 spiro atoms. The number of aryl methyl sites for hydroxylation is 2. The zero-order valence-corrected chi connectivity index (χ0v) is 18.0. The van der Waals surface area contributed by atoms with E-state index in [2.05, 4.69) is 5.32 Å². The molecule has 1 amide bonds. The van der Waals surface area contributed by atoms with Gasteiger partial charge < -0.3 is 24.3 Å². The molecule has 162 valence electrons. The number of piperidine rings is 1. The maximum Gasteiger partial charge on any atom is 0.356 e. The molecule has 0 aliphatic carbocycles. The fourth-order valence-electron chi connectivity index (χ4n) is 4.23. The van der Waals surface area contributed by atoms with Gasteiger partial charge in [-0.25, -0.2) is 4.79 Å². The number of nitrogens with one attached hydrogen (secondary N) is 2. The largest absolute Gasteiger partial charge is 0.466 e. The van der Waals surface area contributed by atoms with Gasteiger partial charge in [0.15, 0.2) is 12.2 Å². The smallest absolute Gasteiger partial charge is 0.356 e. The molecule has 1 aliphatic heterocycles. The third-order valence-corrected chi connectivity index (χ3v) is 5.80. The van der Waals surface area contributed by atoms with Crippen LogP contribution in [-0.2, 0) is 26.1 Å². The molecule has 0 bridgehead atoms. The van der Waals surface area contributed by atoms with Crippen molar-refractivity contribution in [1.29, 1.82) is 0 Å². The van der Waals surface area contributed by atoms with Crippen LogP contribution in [0.5, 0.6) is 0 Å². The Kier molecular flexibility index (Phi) is 6.77. The highest BCUT2D eigenvalue weighted by atomic mass is 16.5. The van der Waals surface area contributed by atoms with E-state index in [-0.39, 0.29) is 24.3 Å². The van der Waals surface area contributed by atoms with E-state index in [9.17, 15) is 14.4 Å². The molecule has 2 heterocycles. The molecule has 1 saturated heterocycles. The zero-order chi connectivity index (χ0) is 21.8. The van der Waals surface area contributed by atoms with Crippen LogP contribution in [0.25, 0.3) is 10.9 Å². The van der Waals surface area contributed by atoms with Gasteiger partial charge in [0.2, 0.25) is 0 Å². The van der Waals surface area contributed by atoms with Crippen molar-refractivity contribution in [3.05, 3.63) is 29.5 Å². The second-order valence-corrected chi connectivity index (χ2v) is 7.74. The van der Waals surface area contributed by atoms with E-state index in [4.69, 9.17) is 9.47 Å². The first-order valence-electron chi connectivity index (χ1n) is 10.3. The minimum Gasteiger partial charge on any atom is -0.466 e. The van der Waals surface area contributed by atoms with Crippen molar-refractivity contribution in [1.82, 2.24) is 4.57 Å². The summed E-state index contributed by atoms with van der Waals surface area (Å²) in [4.78, 5) is 38.3. The van der Waals surface area contributed by atoms with Crippen LogP contribution in [-0.4, -0.2) is 55.8 Å². The standard InChI is InChI=1S/C22H29N3O5/c1-5-30-21(27)15-9-11-25(12-10-15)13-17(26)23-19-18-14(2)7-6-8-16(18)24(3)20(19)22(28)29-4/h6-8,15H,5,9-13H2,1-4H3,(H,23,26)/p+1. The monoisotopic (exact) mass is 416 g/mol. The molecule has 1 aromatic carbocycles. The van der Waals surface area contributed by atoms with Gasteiger partial charge in [-0.2, -0.15) is 0 Å². The van der Waals surface area contributed by atoms with Crippen molar-refractivity contribution in [3.8, 4) is 0 Å². The Balaban J connectivity index is 1.74. The molecule has 8 heteroatoms. The number of carbonyl (C=O) groups excluding carboxylic acids is 3. The van der Waals surface area contributed by atoms with E-state index in [1.807, 2.05) is 25.1 Å². The van der Waals surface area contributed by atoms with Gasteiger partial charge in [0, 0.05) is 25.3 Å². The second kappa shape index (κ2) is 9.30. The van der Waals surface area contributed by atoms with Crippen molar-refractivity contribution in [3.63, 3.8) is 0 Å². The highest BCUT2D eigenvalue weighted by molar-refractivity contribution is 6.12. The number of fused-ring (bicyclic) bond motifs is 1. The number of nitrogens with zero attached hydrogens (tertiary/aromatic N) is 1. The van der Waals surface area contributed by atoms with Crippen molar-refractivity contribution < 1.29 is 28.8 Å². The first-order chi connectivity index (χ1) is 14.4. The van der Waals surface area contributed by atoms with Gasteiger partial charge in [0.25, 0.3) is 5.91 Å². The van der Waals surface area contributed by atoms with Crippen molar-refractivity contribution >= 4 is 34.4 Å². The van der Waals surface area contributed by atoms with Gasteiger partial charge >= 0.3 is 11.9 Å². The van der Waals surface area contributed by atoms with E-state index < -0.39 is 5.97 Å². The number of ether oxygens (including phenoxy) is 2. The van der Waals surface area contributed by atoms with Gasteiger partial charge in [0.1, 0.15) is 0 Å². The van der Waals surface area contributed by atoms with Crippen LogP contribution in [0.15, 0.2) is 18.2 Å². The molecular weight excluding hydrogens is 386 g/mol. The van der Waals surface area contributed by atoms with Crippen LogP contribution >= 0.6 is 0 Å². The number of hydrogen-bond acceptors (Lipinski definition) is 5. The number of esters is 2. The van der Waals surface area contributed by atoms with Crippen LogP contribution < -0.4 is 10.2 Å². The van der Waals surface area contributed by atoms with Crippen LogP contribution in [0.3, 0.4) is 0 Å². The second-order valence-electron chi connectivity index (χ2n) is 7.74. The van der Waals surface area contributed by atoms with Gasteiger partial charge in [-0.15, -0.1) is 0 Å². The summed E-state index contributed by atoms with van der Waals surface area (Å²) in [6.45, 7) is 5.88. The topological polar surface area (TPSA) is 91.1 Å². The van der Waals surface area contributed by atoms with Crippen LogP contribution in [0.4, 0.5) is 5.69 Å². The number of anilines is 1. The predicted octanol–water partition coefficient (Wildman–Crippen LogP) is 1.07. The molecule has 1 fully saturated rings. The van der Waals surface area contributed by atoms with Crippen LogP contribution in [0.2, 0.25) is 0 Å². The molecule has 2 N–H and O–H groups in total. The number of benzene rings is 1. The number of hydrogen-bond donors (Lipinski definition) is 2. The summed E-state index contributed by atoms with van der Waals surface area (Å²) < 4.78 is 11.8. The first-order valence-corrected chi connectivity index (χ1v) is 10.3. The summed E-state index contributed by atoms with van der Waals surface area (Å²) in [5.41, 5.74) is 2.64. The number of rotatable bonds is 6. The number of aromatic nitrogens is 1. The minimum absolute atomic E-state index is 0.0802. The first kappa shape index (κ1) is 21.8. The van der Waals surface area contributed by atoms with E-state index in [0.29, 0.717) is 30.8 Å². The molecule has 3 rings (SSSR count). The predicted molar refractivity (Wildman–Crippen MR) is 113 cm³/mol. The summed E-state index contributed by atoms with van der Waals surface area (Å²) in [5.74, 6) is -0.884. The van der Waals surface area contributed by atoms with E-state index >= 15 is 0 Å². The fraction of sp³-hybridized carbons (Fsp3) is 0.500. The zero-order valence-electron chi connectivity index (χ0n) is 18.0. The number of methoxy groups -OCH3 is 1. The summed E-state index contributed by atoms with van der Waals surface area (Å²) in [6, 6.07) is 5.78. The van der Waals surface area contributed by atoms with Gasteiger partial charge in [0.05, 0.1) is 43.9 Å². The molecule has 1 aromatic heterocycles. The SMILES string of the molecule is CCOC(=O)C1CC[NH+](CC(=O)Nc2c(C(=O)OC)n(C)c3cccc(C)c23)CC1. The molecule has 2 aromatic rings. The van der Waals surface area contributed by atoms with Crippen LogP contribution in [0.1, 0.15) is 35.8 Å². The Bertz CT molecular complexity index is 957. The quantitative estimate of drug-likeness (QED) is 0.688. The average molecular weight is 416 g/mol. The third-order valence-electron chi connectivity index (χ3n) is 5.80. The fourth-order valence-corrected chi connectivity index (χ4v) is 4.23. The lowest BCUT2D eigenvalue weighted by atomic mass is 9.97. The normalized spacial score (nSPS) is 18.8. The lowest BCUT2D eigenvalue weighted by molar-refractivity contribution is -0.897. The Morgan fingerprint density at radius 2 is 1.93 bits per heavy atom. The van der Waals surface area contributed by atoms with Gasteiger partial charge in [-0.05, 0) is 25.5 Å². The molecular formula is C22H30N3O5+. The average Bonchev–Trinajstić information content (AvgIpc) is 3.01. The molecule has 0 saturated carbocycles. The van der Waals surface area contributed by atoms with E-state index in [1.165, 1.54) is 7.11 Å². The van der Waals surface area contributed by atoms with E-state index in [1.54, 1.807) is 18.5 Å². The summed E-state index contributed by atoms with van der Waals surface area (Å²) in [7, 11) is 3.12. The maximum absolute atomic E-state index is 12.8. The summed E-state index contributed by atoms with van der Waals surface area (Å²) >= 11 is 0. The summed E-state index contributed by atoms with van der Waals surface area (Å²) in [5, 5.41) is 3.80. The molecule has 8 nitrogen and oxygen atoms in total. The lowest BCUT2D eigenvalue weighted by Crippen LogP contribution is -3.14. The number of likely N-dealkylation sites (tertiary alicyclic amines) is 1. The highest BCUT2D eigenvalue weighted by Crippen LogP contribution is 2.33. The molecule has 0 atom stereocenters. The minimum atomic E-state index is -0.494. The molecule has 30 heavy (non-hydrogen) atoms. The molecule has 0 radical (unpaired) electrons. The molecule has 1 aliphatic rings. The van der Waals surface area contributed by atoms with Crippen molar-refractivity contribution in [2.24, 2.45) is 13.0 Å². The van der Waals surface area contributed by atoms with Gasteiger partial charge in [-0.3, -0.25) is 9.59 Å².